The van der Waals surface area contributed by atoms with Crippen molar-refractivity contribution >= 4 is 38.0 Å². The summed E-state index contributed by atoms with van der Waals surface area (Å²) in [4.78, 5) is 37.2. The summed E-state index contributed by atoms with van der Waals surface area (Å²) in [6, 6.07) is 3.37. The Morgan fingerprint density at radius 2 is 1.93 bits per heavy atom. The number of ether oxygens (including phenoxy) is 2. The molecule has 30 heavy (non-hydrogen) atoms. The molecule has 2 amide bonds. The molecule has 2 heterocycles. The Balaban J connectivity index is 2.12. The lowest BCUT2D eigenvalue weighted by Crippen LogP contribution is -2.38. The van der Waals surface area contributed by atoms with Crippen molar-refractivity contribution in [2.24, 2.45) is 0 Å². The van der Waals surface area contributed by atoms with Gasteiger partial charge in [0.05, 0.1) is 36.0 Å². The topological polar surface area (TPSA) is 133 Å². The van der Waals surface area contributed by atoms with E-state index in [-0.39, 0.29) is 11.1 Å². The van der Waals surface area contributed by atoms with Crippen molar-refractivity contribution in [2.45, 2.75) is 13.0 Å². The summed E-state index contributed by atoms with van der Waals surface area (Å²) in [5, 5.41) is 12.0. The quantitative estimate of drug-likeness (QED) is 0.337. The van der Waals surface area contributed by atoms with Crippen LogP contribution in [0.5, 0.6) is 11.5 Å². The molecule has 1 aliphatic rings. The van der Waals surface area contributed by atoms with Crippen molar-refractivity contribution in [2.75, 3.05) is 25.7 Å². The Kier molecular flexibility index (Phi) is 5.81. The van der Waals surface area contributed by atoms with Crippen LogP contribution in [0.3, 0.4) is 0 Å². The molecular weight excluding hydrogens is 436 g/mol. The molecule has 10 nitrogen and oxygen atoms in total. The van der Waals surface area contributed by atoms with Gasteiger partial charge in [-0.1, -0.05) is 17.4 Å². The highest BCUT2D eigenvalue weighted by atomic mass is 32.2. The number of hydrogen-bond acceptors (Lipinski definition) is 9. The molecule has 0 saturated heterocycles. The number of sulfone groups is 1. The minimum absolute atomic E-state index is 0.103. The number of benzene rings is 1. The van der Waals surface area contributed by atoms with Crippen LogP contribution in [0.4, 0.5) is 5.00 Å². The molecule has 0 radical (unpaired) electrons. The maximum atomic E-state index is 13.0. The maximum absolute atomic E-state index is 13.0. The molecule has 12 heteroatoms. The number of hydrogen-bond donors (Lipinski definition) is 0. The second-order valence-corrected chi connectivity index (χ2v) is 9.56. The number of carbonyl (C=O) groups is 2. The molecule has 1 aliphatic heterocycles. The molecule has 0 bridgehead atoms. The Morgan fingerprint density at radius 1 is 1.23 bits per heavy atom. The van der Waals surface area contributed by atoms with Gasteiger partial charge >= 0.3 is 5.00 Å². The number of methoxy groups -OCH3 is 1. The summed E-state index contributed by atoms with van der Waals surface area (Å²) in [6.45, 7) is 2.06. The molecule has 1 atom stereocenters. The van der Waals surface area contributed by atoms with Gasteiger partial charge < -0.3 is 9.47 Å². The molecule has 1 aromatic heterocycles. The predicted octanol–water partition coefficient (Wildman–Crippen LogP) is 2.45. The minimum atomic E-state index is -3.64. The highest BCUT2D eigenvalue weighted by Crippen LogP contribution is 2.41. The van der Waals surface area contributed by atoms with E-state index >= 15 is 0 Å². The molecule has 160 valence electrons. The number of imide groups is 1. The number of nitrogens with zero attached hydrogens (tertiary/aromatic N) is 2. The highest BCUT2D eigenvalue weighted by Gasteiger charge is 2.47. The zero-order valence-electron chi connectivity index (χ0n) is 16.3. The first-order valence-corrected chi connectivity index (χ1v) is 11.6. The summed E-state index contributed by atoms with van der Waals surface area (Å²) in [6.07, 6.45) is 0.982. The molecular formula is C18H18N2O8S2. The van der Waals surface area contributed by atoms with E-state index in [1.165, 1.54) is 30.7 Å². The summed E-state index contributed by atoms with van der Waals surface area (Å²) in [5.41, 5.74) is -0.0938. The van der Waals surface area contributed by atoms with Gasteiger partial charge in [-0.2, -0.15) is 0 Å². The first kappa shape index (κ1) is 21.7. The molecule has 1 aromatic carbocycles. The lowest BCUT2D eigenvalue weighted by Gasteiger charge is -2.26. The van der Waals surface area contributed by atoms with Gasteiger partial charge in [-0.15, -0.1) is 0 Å². The van der Waals surface area contributed by atoms with Gasteiger partial charge in [-0.3, -0.25) is 24.6 Å². The number of carbonyl (C=O) groups excluding carboxylic acids is 2. The fourth-order valence-electron chi connectivity index (χ4n) is 3.25. The van der Waals surface area contributed by atoms with Crippen molar-refractivity contribution < 1.29 is 32.4 Å². The van der Waals surface area contributed by atoms with Crippen molar-refractivity contribution in [3.05, 3.63) is 50.4 Å². The van der Waals surface area contributed by atoms with Crippen LogP contribution in [0.1, 0.15) is 39.2 Å². The number of rotatable bonds is 8. The number of thiophene rings is 1. The second-order valence-electron chi connectivity index (χ2n) is 6.52. The van der Waals surface area contributed by atoms with Crippen LogP contribution in [-0.4, -0.2) is 55.8 Å². The minimum Gasteiger partial charge on any atom is -0.493 e. The second kappa shape index (κ2) is 8.03. The standard InChI is InChI=1S/C18H18N2O8S2/c1-4-28-14-7-10(5-6-13(14)27-2)12(9-30(3,25)26)19-16(21)11-8-29-18(20(23)24)15(11)17(19)22/h5-8,12H,4,9H2,1-3H3/t12-/m1/s1. The zero-order valence-corrected chi connectivity index (χ0v) is 17.9. The largest absolute Gasteiger partial charge is 0.493 e. The lowest BCUT2D eigenvalue weighted by atomic mass is 10.1. The fourth-order valence-corrected chi connectivity index (χ4v) is 5.01. The highest BCUT2D eigenvalue weighted by molar-refractivity contribution is 7.90. The van der Waals surface area contributed by atoms with Gasteiger partial charge in [0, 0.05) is 11.6 Å². The number of amides is 2. The van der Waals surface area contributed by atoms with Gasteiger partial charge in [-0.25, -0.2) is 8.42 Å². The fraction of sp³-hybridized carbons (Fsp3) is 0.333. The number of nitro groups is 1. The average molecular weight is 454 g/mol. The molecule has 0 spiro atoms. The molecule has 3 rings (SSSR count). The third-order valence-electron chi connectivity index (χ3n) is 4.46. The smallest absolute Gasteiger partial charge is 0.337 e. The van der Waals surface area contributed by atoms with E-state index in [9.17, 15) is 28.1 Å². The van der Waals surface area contributed by atoms with E-state index in [4.69, 9.17) is 9.47 Å². The van der Waals surface area contributed by atoms with Gasteiger partial charge in [0.2, 0.25) is 0 Å². The average Bonchev–Trinajstić information content (AvgIpc) is 3.20. The van der Waals surface area contributed by atoms with E-state index in [0.717, 1.165) is 11.2 Å². The van der Waals surface area contributed by atoms with Gasteiger partial charge in [0.15, 0.2) is 11.5 Å². The predicted molar refractivity (Wildman–Crippen MR) is 108 cm³/mol. The van der Waals surface area contributed by atoms with Crippen molar-refractivity contribution in [3.8, 4) is 11.5 Å². The van der Waals surface area contributed by atoms with E-state index < -0.39 is 43.4 Å². The summed E-state index contributed by atoms with van der Waals surface area (Å²) < 4.78 is 34.9. The Bertz CT molecular complexity index is 1140. The third-order valence-corrected chi connectivity index (χ3v) is 6.32. The van der Waals surface area contributed by atoms with Crippen molar-refractivity contribution in [1.82, 2.24) is 4.90 Å². The summed E-state index contributed by atoms with van der Waals surface area (Å²) in [7, 11) is -2.20. The van der Waals surface area contributed by atoms with Crippen LogP contribution in [0.15, 0.2) is 23.6 Å². The van der Waals surface area contributed by atoms with Crippen LogP contribution >= 0.6 is 11.3 Å². The van der Waals surface area contributed by atoms with Crippen LogP contribution in [0.25, 0.3) is 0 Å². The van der Waals surface area contributed by atoms with Crippen LogP contribution in [0, 0.1) is 10.1 Å². The molecule has 0 aliphatic carbocycles. The Morgan fingerprint density at radius 3 is 2.50 bits per heavy atom. The summed E-state index contributed by atoms with van der Waals surface area (Å²) >= 11 is 0.682. The van der Waals surface area contributed by atoms with Crippen molar-refractivity contribution in [3.63, 3.8) is 0 Å². The molecule has 0 saturated carbocycles. The molecule has 0 unspecified atom stereocenters. The zero-order chi connectivity index (χ0) is 22.2. The van der Waals surface area contributed by atoms with Gasteiger partial charge in [0.1, 0.15) is 15.4 Å². The van der Waals surface area contributed by atoms with Crippen molar-refractivity contribution in [1.29, 1.82) is 0 Å². The SMILES string of the molecule is CCOc1cc([C@@H](CS(C)(=O)=O)N2C(=O)c3csc([N+](=O)[O-])c3C2=O)ccc1OC. The monoisotopic (exact) mass is 454 g/mol. The molecule has 0 N–H and O–H groups in total. The maximum Gasteiger partial charge on any atom is 0.337 e. The van der Waals surface area contributed by atoms with Gasteiger partial charge in [0.25, 0.3) is 11.8 Å². The first-order valence-electron chi connectivity index (χ1n) is 8.71. The van der Waals surface area contributed by atoms with E-state index in [2.05, 4.69) is 0 Å². The van der Waals surface area contributed by atoms with Gasteiger partial charge in [-0.05, 0) is 24.6 Å². The van der Waals surface area contributed by atoms with Crippen LogP contribution in [0.2, 0.25) is 0 Å². The Labute approximate surface area is 176 Å². The third kappa shape index (κ3) is 3.87. The molecule has 0 fully saturated rings. The van der Waals surface area contributed by atoms with Crippen LogP contribution < -0.4 is 9.47 Å². The summed E-state index contributed by atoms with van der Waals surface area (Å²) in [5.74, 6) is -1.52. The first-order chi connectivity index (χ1) is 14.1. The van der Waals surface area contributed by atoms with E-state index in [1.807, 2.05) is 0 Å². The Hall–Kier alpha value is -2.99. The number of fused-ring (bicyclic) bond motifs is 1. The lowest BCUT2D eigenvalue weighted by molar-refractivity contribution is -0.380. The van der Waals surface area contributed by atoms with Crippen LogP contribution in [-0.2, 0) is 9.84 Å². The van der Waals surface area contributed by atoms with E-state index in [1.54, 1.807) is 6.92 Å². The van der Waals surface area contributed by atoms with E-state index in [0.29, 0.717) is 35.0 Å². The normalized spacial score (nSPS) is 14.6. The molecule has 2 aromatic rings.